The highest BCUT2D eigenvalue weighted by Crippen LogP contribution is 2.38. The van der Waals surface area contributed by atoms with Gasteiger partial charge in [-0.3, -0.25) is 4.79 Å². The third-order valence-corrected chi connectivity index (χ3v) is 6.99. The predicted molar refractivity (Wildman–Crippen MR) is 89.3 cm³/mol. The van der Waals surface area contributed by atoms with Gasteiger partial charge in [-0.05, 0) is 61.9 Å². The number of nitrogens with zero attached hydrogens (tertiary/aromatic N) is 1. The Morgan fingerprint density at radius 2 is 2.10 bits per heavy atom. The molecule has 5 heteroatoms. The van der Waals surface area contributed by atoms with Gasteiger partial charge in [0.15, 0.2) is 0 Å². The molecule has 1 heterocycles. The van der Waals surface area contributed by atoms with E-state index in [2.05, 4.69) is 50.1 Å². The Morgan fingerprint density at radius 1 is 1.35 bits per heavy atom. The lowest BCUT2D eigenvalue weighted by Gasteiger charge is -2.25. The highest BCUT2D eigenvalue weighted by molar-refractivity contribution is 9.13. The van der Waals surface area contributed by atoms with E-state index in [1.54, 1.807) is 0 Å². The molecule has 1 aromatic carbocycles. The van der Waals surface area contributed by atoms with Crippen molar-refractivity contribution in [3.05, 3.63) is 54.6 Å². The molecule has 0 bridgehead atoms. The summed E-state index contributed by atoms with van der Waals surface area (Å²) in [6.07, 6.45) is 2.06. The Labute approximate surface area is 139 Å². The van der Waals surface area contributed by atoms with Gasteiger partial charge in [-0.1, -0.05) is 24.3 Å². The van der Waals surface area contributed by atoms with Crippen molar-refractivity contribution in [1.29, 1.82) is 0 Å². The van der Waals surface area contributed by atoms with Crippen LogP contribution in [0.15, 0.2) is 38.6 Å². The first-order valence-electron chi connectivity index (χ1n) is 6.37. The number of hydrogen-bond acceptors (Lipinski definition) is 2. The lowest BCUT2D eigenvalue weighted by Crippen LogP contribution is -2.29. The van der Waals surface area contributed by atoms with Crippen molar-refractivity contribution in [2.24, 2.45) is 0 Å². The van der Waals surface area contributed by atoms with E-state index in [9.17, 15) is 4.79 Å². The Balaban J connectivity index is 1.87. The molecule has 0 saturated heterocycles. The molecule has 3 rings (SSSR count). The minimum atomic E-state index is 0.0862. The van der Waals surface area contributed by atoms with Crippen molar-refractivity contribution < 1.29 is 4.79 Å². The molecule has 0 radical (unpaired) electrons. The minimum Gasteiger partial charge on any atom is -0.334 e. The molecular weight excluding hydrogens is 402 g/mol. The van der Waals surface area contributed by atoms with E-state index in [0.717, 1.165) is 26.0 Å². The van der Waals surface area contributed by atoms with Crippen molar-refractivity contribution in [1.82, 2.24) is 4.90 Å². The van der Waals surface area contributed by atoms with Crippen molar-refractivity contribution in [3.8, 4) is 0 Å². The topological polar surface area (TPSA) is 20.3 Å². The standard InChI is InChI=1S/C15H13Br2NOS/c1-18(15(19)13-8-11(16)14(17)20-13)12-7-6-9-4-2-3-5-10(9)12/h2-5,8,12H,6-7H2,1H3/t12-/m0/s1. The van der Waals surface area contributed by atoms with Gasteiger partial charge in [0.05, 0.1) is 14.7 Å². The summed E-state index contributed by atoms with van der Waals surface area (Å²) in [5.74, 6) is 0.0862. The molecule has 0 fully saturated rings. The Morgan fingerprint density at radius 3 is 2.80 bits per heavy atom. The molecule has 20 heavy (non-hydrogen) atoms. The Kier molecular flexibility index (Phi) is 4.02. The van der Waals surface area contributed by atoms with Crippen molar-refractivity contribution in [2.45, 2.75) is 18.9 Å². The van der Waals surface area contributed by atoms with Crippen LogP contribution in [0.4, 0.5) is 0 Å². The van der Waals surface area contributed by atoms with Crippen LogP contribution in [0, 0.1) is 0 Å². The molecule has 1 atom stereocenters. The van der Waals surface area contributed by atoms with E-state index >= 15 is 0 Å². The summed E-state index contributed by atoms with van der Waals surface area (Å²) in [6, 6.07) is 10.5. The van der Waals surface area contributed by atoms with E-state index in [0.29, 0.717) is 0 Å². The van der Waals surface area contributed by atoms with Crippen molar-refractivity contribution in [3.63, 3.8) is 0 Å². The number of halogens is 2. The number of aryl methyl sites for hydroxylation is 1. The highest BCUT2D eigenvalue weighted by atomic mass is 79.9. The summed E-state index contributed by atoms with van der Waals surface area (Å²) in [4.78, 5) is 15.2. The maximum Gasteiger partial charge on any atom is 0.264 e. The van der Waals surface area contributed by atoms with Crippen molar-refractivity contribution >= 4 is 49.1 Å². The van der Waals surface area contributed by atoms with Gasteiger partial charge in [0.2, 0.25) is 0 Å². The maximum absolute atomic E-state index is 12.6. The summed E-state index contributed by atoms with van der Waals surface area (Å²) in [7, 11) is 1.90. The molecular formula is C15H13Br2NOS. The van der Waals surface area contributed by atoms with Crippen LogP contribution in [-0.2, 0) is 6.42 Å². The van der Waals surface area contributed by atoms with Gasteiger partial charge in [-0.25, -0.2) is 0 Å². The fourth-order valence-corrected chi connectivity index (χ4v) is 4.72. The van der Waals surface area contributed by atoms with Gasteiger partial charge in [-0.15, -0.1) is 11.3 Å². The van der Waals surface area contributed by atoms with Crippen LogP contribution >= 0.6 is 43.2 Å². The lowest BCUT2D eigenvalue weighted by atomic mass is 10.1. The molecule has 0 spiro atoms. The Bertz CT molecular complexity index is 648. The number of fused-ring (bicyclic) bond motifs is 1. The fraction of sp³-hybridized carbons (Fsp3) is 0.267. The minimum absolute atomic E-state index is 0.0862. The smallest absolute Gasteiger partial charge is 0.264 e. The second kappa shape index (κ2) is 5.62. The van der Waals surface area contributed by atoms with Gasteiger partial charge in [-0.2, -0.15) is 0 Å². The third-order valence-electron chi connectivity index (χ3n) is 3.74. The number of rotatable bonds is 2. The van der Waals surface area contributed by atoms with Crippen LogP contribution < -0.4 is 0 Å². The van der Waals surface area contributed by atoms with Crippen LogP contribution in [0.1, 0.15) is 33.3 Å². The summed E-state index contributed by atoms with van der Waals surface area (Å²) in [6.45, 7) is 0. The molecule has 0 unspecified atom stereocenters. The first-order chi connectivity index (χ1) is 9.58. The van der Waals surface area contributed by atoms with E-state index in [-0.39, 0.29) is 11.9 Å². The van der Waals surface area contributed by atoms with Crippen LogP contribution in [0.5, 0.6) is 0 Å². The van der Waals surface area contributed by atoms with Gasteiger partial charge in [0, 0.05) is 11.5 Å². The maximum atomic E-state index is 12.6. The second-order valence-corrected chi connectivity index (χ2v) is 8.13. The molecule has 1 aliphatic rings. The zero-order chi connectivity index (χ0) is 14.3. The quantitative estimate of drug-likeness (QED) is 0.674. The molecule has 0 saturated carbocycles. The average Bonchev–Trinajstić information content (AvgIpc) is 3.02. The summed E-state index contributed by atoms with van der Waals surface area (Å²) >= 11 is 8.35. The number of carbonyl (C=O) groups excluding carboxylic acids is 1. The van der Waals surface area contributed by atoms with E-state index < -0.39 is 0 Å². The number of thiophene rings is 1. The zero-order valence-corrected chi connectivity index (χ0v) is 14.9. The van der Waals surface area contributed by atoms with Crippen molar-refractivity contribution in [2.75, 3.05) is 7.05 Å². The van der Waals surface area contributed by atoms with E-state index in [1.807, 2.05) is 24.1 Å². The van der Waals surface area contributed by atoms with Gasteiger partial charge in [0.25, 0.3) is 5.91 Å². The SMILES string of the molecule is CN(C(=O)c1cc(Br)c(Br)s1)[C@H]1CCc2ccccc21. The molecule has 2 aromatic rings. The molecule has 104 valence electrons. The first kappa shape index (κ1) is 14.3. The van der Waals surface area contributed by atoms with Crippen LogP contribution in [0.2, 0.25) is 0 Å². The number of benzene rings is 1. The summed E-state index contributed by atoms with van der Waals surface area (Å²) in [5.41, 5.74) is 2.66. The van der Waals surface area contributed by atoms with Crippen LogP contribution in [0.3, 0.4) is 0 Å². The summed E-state index contributed by atoms with van der Waals surface area (Å²) < 4.78 is 1.90. The van der Waals surface area contributed by atoms with Crippen LogP contribution in [0.25, 0.3) is 0 Å². The predicted octanol–water partition coefficient (Wildman–Crippen LogP) is 5.03. The molecule has 0 aliphatic heterocycles. The highest BCUT2D eigenvalue weighted by Gasteiger charge is 2.29. The largest absolute Gasteiger partial charge is 0.334 e. The third kappa shape index (κ3) is 2.47. The van der Waals surface area contributed by atoms with E-state index in [4.69, 9.17) is 0 Å². The summed E-state index contributed by atoms with van der Waals surface area (Å²) in [5, 5.41) is 0. The number of amides is 1. The van der Waals surface area contributed by atoms with Crippen LogP contribution in [-0.4, -0.2) is 17.9 Å². The first-order valence-corrected chi connectivity index (χ1v) is 8.78. The number of hydrogen-bond donors (Lipinski definition) is 0. The molecule has 1 amide bonds. The normalized spacial score (nSPS) is 17.1. The molecule has 1 aromatic heterocycles. The fourth-order valence-electron chi connectivity index (χ4n) is 2.70. The molecule has 1 aliphatic carbocycles. The van der Waals surface area contributed by atoms with Gasteiger partial charge >= 0.3 is 0 Å². The zero-order valence-electron chi connectivity index (χ0n) is 10.9. The Hall–Kier alpha value is -0.650. The second-order valence-electron chi connectivity index (χ2n) is 4.90. The van der Waals surface area contributed by atoms with Gasteiger partial charge < -0.3 is 4.90 Å². The van der Waals surface area contributed by atoms with E-state index in [1.165, 1.54) is 22.5 Å². The lowest BCUT2D eigenvalue weighted by molar-refractivity contribution is 0.0735. The monoisotopic (exact) mass is 413 g/mol. The van der Waals surface area contributed by atoms with Gasteiger partial charge in [0.1, 0.15) is 0 Å². The number of carbonyl (C=O) groups is 1. The average molecular weight is 415 g/mol. The molecule has 0 N–H and O–H groups in total. The molecule has 2 nitrogen and oxygen atoms in total.